The Kier molecular flexibility index (Phi) is 24.8. The number of hydrogen-bond donors (Lipinski definition) is 4. The number of nitrogens with zero attached hydrogens (tertiary/aromatic N) is 1. The van der Waals surface area contributed by atoms with Crippen molar-refractivity contribution < 1.29 is 14.3 Å². The summed E-state index contributed by atoms with van der Waals surface area (Å²) >= 11 is 1.95. The van der Waals surface area contributed by atoms with Gasteiger partial charge in [0.25, 0.3) is 5.91 Å². The zero-order valence-electron chi connectivity index (χ0n) is 29.6. The molecule has 1 amide bonds. The molecular weight excluding hydrogens is 605 g/mol. The summed E-state index contributed by atoms with van der Waals surface area (Å²) < 4.78 is 8.81. The van der Waals surface area contributed by atoms with Crippen molar-refractivity contribution in [2.24, 2.45) is 5.73 Å². The quantitative estimate of drug-likeness (QED) is 0.135. The molecule has 8 nitrogen and oxygen atoms in total. The van der Waals surface area contributed by atoms with Crippen LogP contribution in [0.2, 0.25) is 6.82 Å². The predicted octanol–water partition coefficient (Wildman–Crippen LogP) is 7.07. The molecular formula is C37H58BN5O3S. The maximum atomic E-state index is 13.0. The maximum Gasteiger partial charge on any atom is 0.253 e. The van der Waals surface area contributed by atoms with Crippen LogP contribution in [-0.4, -0.2) is 75.2 Å². The van der Waals surface area contributed by atoms with E-state index < -0.39 is 0 Å². The first-order chi connectivity index (χ1) is 22.8. The van der Waals surface area contributed by atoms with Gasteiger partial charge in [-0.05, 0) is 83.7 Å². The first-order valence-corrected chi connectivity index (χ1v) is 17.8. The normalized spacial score (nSPS) is 13.9. The Morgan fingerprint density at radius 3 is 2.09 bits per heavy atom. The Morgan fingerprint density at radius 1 is 1.02 bits per heavy atom. The molecule has 0 radical (unpaired) electrons. The van der Waals surface area contributed by atoms with E-state index in [1.54, 1.807) is 0 Å². The van der Waals surface area contributed by atoms with Crippen LogP contribution in [0.3, 0.4) is 0 Å². The summed E-state index contributed by atoms with van der Waals surface area (Å²) in [6.45, 7) is 18.0. The summed E-state index contributed by atoms with van der Waals surface area (Å²) in [5, 5.41) is 11.4. The molecule has 10 heteroatoms. The Morgan fingerprint density at radius 2 is 1.57 bits per heavy atom. The van der Waals surface area contributed by atoms with Crippen LogP contribution in [0.25, 0.3) is 11.1 Å². The molecule has 0 bridgehead atoms. The topological polar surface area (TPSA) is 142 Å². The second-order valence-corrected chi connectivity index (χ2v) is 11.9. The molecule has 6 N–H and O–H groups in total. The molecule has 0 atom stereocenters. The molecule has 0 spiro atoms. The number of aryl methyl sites for hydroxylation is 1. The zero-order valence-corrected chi connectivity index (χ0v) is 30.4. The van der Waals surface area contributed by atoms with Gasteiger partial charge in [-0.15, -0.1) is 0 Å². The van der Waals surface area contributed by atoms with Crippen molar-refractivity contribution in [3.63, 3.8) is 0 Å². The molecule has 2 aromatic rings. The van der Waals surface area contributed by atoms with E-state index in [-0.39, 0.29) is 5.91 Å². The van der Waals surface area contributed by atoms with E-state index in [0.29, 0.717) is 5.69 Å². The van der Waals surface area contributed by atoms with Crippen molar-refractivity contribution >= 4 is 54.7 Å². The molecule has 2 heterocycles. The molecule has 47 heavy (non-hydrogen) atoms. The van der Waals surface area contributed by atoms with Crippen molar-refractivity contribution in [2.45, 2.75) is 73.5 Å². The summed E-state index contributed by atoms with van der Waals surface area (Å²) in [7, 11) is 0.750. The van der Waals surface area contributed by atoms with Gasteiger partial charge in [-0.25, -0.2) is 0 Å². The van der Waals surface area contributed by atoms with Crippen LogP contribution >= 0.6 is 11.8 Å². The number of allylic oxidation sites excluding steroid dienone is 3. The number of nitrogens with two attached hydrogens (primary N) is 2. The van der Waals surface area contributed by atoms with Gasteiger partial charge in [0, 0.05) is 55.0 Å². The standard InChI is InChI=1S/C29H36N4OS.C4H10.C2H7N.CH3BO.CH2O/c1-3-4-5-23(21-7-9-22(10-8-21)29(34)33-15-13-32-14-16-33)26-19-35-17-12-24(26)28-20(2)6-11-27(31)25(28)18-30;1-3-4-2;2*1-2-3;1-2/h5-11,18,30,32H,3-4,12-17,19,31H2,1-2H3;3-4H2,1-2H3;2-3H2,1H3;1H3;1H2/b23-5+,30-18?;;;;. The predicted molar refractivity (Wildman–Crippen MR) is 205 cm³/mol. The average molecular weight is 664 g/mol. The number of nitrogens with one attached hydrogen (secondary N) is 2. The van der Waals surface area contributed by atoms with Crippen molar-refractivity contribution in [2.75, 3.05) is 50.0 Å². The summed E-state index contributed by atoms with van der Waals surface area (Å²) in [6.07, 6.45) is 9.40. The van der Waals surface area contributed by atoms with Crippen LogP contribution in [0, 0.1) is 12.3 Å². The van der Waals surface area contributed by atoms with Crippen LogP contribution in [0.4, 0.5) is 5.69 Å². The molecule has 2 aliphatic rings. The van der Waals surface area contributed by atoms with Gasteiger partial charge in [0.05, 0.1) is 0 Å². The van der Waals surface area contributed by atoms with Gasteiger partial charge in [-0.1, -0.05) is 71.2 Å². The van der Waals surface area contributed by atoms with Gasteiger partial charge in [0.15, 0.2) is 0 Å². The van der Waals surface area contributed by atoms with Gasteiger partial charge in [-0.2, -0.15) is 11.8 Å². The Balaban J connectivity index is 0.00000154. The van der Waals surface area contributed by atoms with Crippen molar-refractivity contribution in [1.29, 1.82) is 5.41 Å². The van der Waals surface area contributed by atoms with E-state index in [1.165, 1.54) is 42.6 Å². The molecule has 0 aromatic heterocycles. The minimum Gasteiger partial charge on any atom is -0.398 e. The third-order valence-corrected chi connectivity index (χ3v) is 8.34. The van der Waals surface area contributed by atoms with Crippen molar-refractivity contribution in [3.05, 3.63) is 75.9 Å². The average Bonchev–Trinajstić information content (AvgIpc) is 3.11. The minimum atomic E-state index is 0.108. The third-order valence-electron chi connectivity index (χ3n) is 7.35. The zero-order chi connectivity index (χ0) is 35.6. The van der Waals surface area contributed by atoms with Gasteiger partial charge < -0.3 is 31.9 Å². The number of carbonyl (C=O) groups is 2. The van der Waals surface area contributed by atoms with Crippen LogP contribution in [-0.2, 0) is 9.50 Å². The smallest absolute Gasteiger partial charge is 0.253 e. The Hall–Kier alpha value is -3.34. The van der Waals surface area contributed by atoms with Gasteiger partial charge in [0.2, 0.25) is 0 Å². The minimum absolute atomic E-state index is 0.108. The van der Waals surface area contributed by atoms with E-state index in [2.05, 4.69) is 57.3 Å². The summed E-state index contributed by atoms with van der Waals surface area (Å²) in [5.74, 6) is 2.10. The van der Waals surface area contributed by atoms with Crippen LogP contribution < -0.4 is 16.8 Å². The molecule has 2 aliphatic heterocycles. The number of piperazine rings is 1. The number of rotatable bonds is 8. The fourth-order valence-corrected chi connectivity index (χ4v) is 5.98. The van der Waals surface area contributed by atoms with E-state index in [1.807, 2.05) is 48.6 Å². The number of amides is 1. The van der Waals surface area contributed by atoms with E-state index in [9.17, 15) is 4.79 Å². The van der Waals surface area contributed by atoms with Crippen molar-refractivity contribution in [1.82, 2.24) is 10.2 Å². The fraction of sp³-hybridized carbons (Fsp3) is 0.486. The number of thioether (sulfide) groups is 1. The van der Waals surface area contributed by atoms with Gasteiger partial charge >= 0.3 is 18.7 Å². The molecule has 2 aromatic carbocycles. The number of benzene rings is 2. The third kappa shape index (κ3) is 14.5. The Bertz CT molecular complexity index is 1270. The van der Waals surface area contributed by atoms with E-state index in [4.69, 9.17) is 26.4 Å². The van der Waals surface area contributed by atoms with Crippen LogP contribution in [0.5, 0.6) is 0 Å². The van der Waals surface area contributed by atoms with E-state index in [0.717, 1.165) is 98.5 Å². The number of hydrogen-bond acceptors (Lipinski definition) is 8. The SMILES string of the molecule is C=O.CB=O.CCC/C=C(/C1=C(c2c(C)ccc(N)c2C=N)CCSC1)c1ccc(C(=O)N2CCNCC2)cc1.CCCC.CCN. The molecule has 258 valence electrons. The summed E-state index contributed by atoms with van der Waals surface area (Å²) in [4.78, 5) is 22.9. The van der Waals surface area contributed by atoms with E-state index >= 15 is 0 Å². The maximum absolute atomic E-state index is 13.0. The largest absolute Gasteiger partial charge is 0.398 e. The monoisotopic (exact) mass is 663 g/mol. The molecule has 4 rings (SSSR count). The summed E-state index contributed by atoms with van der Waals surface area (Å²) in [5.41, 5.74) is 20.6. The first kappa shape index (κ1) is 43.7. The first-order valence-electron chi connectivity index (χ1n) is 16.7. The molecule has 1 saturated heterocycles. The van der Waals surface area contributed by atoms with Crippen LogP contribution in [0.15, 0.2) is 48.0 Å². The molecule has 0 saturated carbocycles. The Labute approximate surface area is 289 Å². The van der Waals surface area contributed by atoms with Crippen molar-refractivity contribution in [3.8, 4) is 0 Å². The molecule has 0 aliphatic carbocycles. The number of unbranched alkanes of at least 4 members (excludes halogenated alkanes) is 2. The summed E-state index contributed by atoms with van der Waals surface area (Å²) in [6, 6.07) is 12.1. The van der Waals surface area contributed by atoms with Gasteiger partial charge in [0.1, 0.15) is 6.79 Å². The fourth-order valence-electron chi connectivity index (χ4n) is 4.95. The second-order valence-electron chi connectivity index (χ2n) is 10.8. The number of anilines is 1. The molecule has 0 unspecified atom stereocenters. The molecule has 1 fully saturated rings. The number of carbonyl (C=O) groups excluding carboxylic acids is 2. The van der Waals surface area contributed by atoms with Gasteiger partial charge in [-0.3, -0.25) is 4.79 Å². The second kappa shape index (κ2) is 26.7. The van der Waals surface area contributed by atoms with Crippen LogP contribution in [0.1, 0.15) is 92.4 Å². The number of nitrogen functional groups attached to an aromatic ring is 1.